The maximum Gasteiger partial charge on any atom is 0.282 e. The summed E-state index contributed by atoms with van der Waals surface area (Å²) >= 11 is 5.94. The summed E-state index contributed by atoms with van der Waals surface area (Å²) < 4.78 is 27.1. The topological polar surface area (TPSA) is 49.4 Å². The first kappa shape index (κ1) is 18.8. The van der Waals surface area contributed by atoms with Crippen LogP contribution in [0.5, 0.6) is 0 Å². The van der Waals surface area contributed by atoms with Crippen molar-refractivity contribution in [2.24, 2.45) is 0 Å². The monoisotopic (exact) mass is 410 g/mol. The summed E-state index contributed by atoms with van der Waals surface area (Å²) in [5, 5.41) is 3.45. The van der Waals surface area contributed by atoms with Crippen molar-refractivity contribution >= 4 is 40.4 Å². The molecule has 1 heterocycles. The van der Waals surface area contributed by atoms with E-state index in [0.29, 0.717) is 16.3 Å². The van der Waals surface area contributed by atoms with E-state index < -0.39 is 23.4 Å². The Morgan fingerprint density at radius 2 is 1.48 bits per heavy atom. The second-order valence-electron chi connectivity index (χ2n) is 6.29. The van der Waals surface area contributed by atoms with Crippen molar-refractivity contribution in [3.05, 3.63) is 101 Å². The number of carbonyl (C=O) groups excluding carboxylic acids is 2. The molecule has 3 aromatic rings. The number of carbonyl (C=O) groups is 2. The number of imide groups is 1. The van der Waals surface area contributed by atoms with Gasteiger partial charge in [-0.1, -0.05) is 41.9 Å². The normalized spacial score (nSPS) is 14.0. The van der Waals surface area contributed by atoms with E-state index in [1.165, 1.54) is 6.07 Å². The number of rotatable bonds is 4. The van der Waals surface area contributed by atoms with E-state index in [0.717, 1.165) is 17.0 Å². The molecular formula is C22H13ClF2N2O2. The van der Waals surface area contributed by atoms with Crippen molar-refractivity contribution in [3.63, 3.8) is 0 Å². The molecule has 7 heteroatoms. The van der Waals surface area contributed by atoms with Gasteiger partial charge in [-0.2, -0.15) is 0 Å². The third-order valence-electron chi connectivity index (χ3n) is 4.42. The molecule has 0 aliphatic carbocycles. The number of anilines is 2. The Balaban J connectivity index is 1.83. The summed E-state index contributed by atoms with van der Waals surface area (Å²) in [5.41, 5.74) is 1.15. The van der Waals surface area contributed by atoms with Crippen LogP contribution in [0.3, 0.4) is 0 Å². The lowest BCUT2D eigenvalue weighted by Gasteiger charge is -2.15. The molecule has 2 amide bonds. The van der Waals surface area contributed by atoms with Crippen LogP contribution < -0.4 is 10.2 Å². The fraction of sp³-hybridized carbons (Fsp3) is 0. The molecular weight excluding hydrogens is 398 g/mol. The first-order chi connectivity index (χ1) is 14.0. The van der Waals surface area contributed by atoms with Crippen molar-refractivity contribution in [3.8, 4) is 0 Å². The summed E-state index contributed by atoms with van der Waals surface area (Å²) in [6, 6.07) is 18.1. The summed E-state index contributed by atoms with van der Waals surface area (Å²) in [6.45, 7) is 0. The van der Waals surface area contributed by atoms with E-state index >= 15 is 0 Å². The van der Waals surface area contributed by atoms with Gasteiger partial charge in [0, 0.05) is 16.8 Å². The van der Waals surface area contributed by atoms with Crippen LogP contribution in [-0.2, 0) is 9.59 Å². The number of amides is 2. The van der Waals surface area contributed by atoms with Gasteiger partial charge >= 0.3 is 0 Å². The van der Waals surface area contributed by atoms with Gasteiger partial charge in [-0.25, -0.2) is 13.7 Å². The Morgan fingerprint density at radius 1 is 0.793 bits per heavy atom. The minimum atomic E-state index is -1.15. The SMILES string of the molecule is O=C1C(Nc2ccccc2)=C(c2ccc(Cl)cc2)C(=O)N1c1ccc(F)c(F)c1. The van der Waals surface area contributed by atoms with Crippen LogP contribution in [0.2, 0.25) is 5.02 Å². The van der Waals surface area contributed by atoms with Crippen molar-refractivity contribution in [1.82, 2.24) is 0 Å². The highest BCUT2D eigenvalue weighted by Crippen LogP contribution is 2.34. The van der Waals surface area contributed by atoms with Gasteiger partial charge in [0.05, 0.1) is 11.3 Å². The second kappa shape index (κ2) is 7.48. The molecule has 1 aliphatic heterocycles. The summed E-state index contributed by atoms with van der Waals surface area (Å²) in [6.07, 6.45) is 0. The number of hydrogen-bond acceptors (Lipinski definition) is 3. The molecule has 29 heavy (non-hydrogen) atoms. The molecule has 1 aliphatic rings. The Labute approximate surface area is 170 Å². The highest BCUT2D eigenvalue weighted by atomic mass is 35.5. The van der Waals surface area contributed by atoms with E-state index in [2.05, 4.69) is 5.32 Å². The van der Waals surface area contributed by atoms with Gasteiger partial charge in [-0.15, -0.1) is 0 Å². The van der Waals surface area contributed by atoms with Gasteiger partial charge in [0.1, 0.15) is 5.70 Å². The van der Waals surface area contributed by atoms with E-state index in [-0.39, 0.29) is 17.0 Å². The number of nitrogens with zero attached hydrogens (tertiary/aromatic N) is 1. The first-order valence-electron chi connectivity index (χ1n) is 8.62. The molecule has 0 fully saturated rings. The van der Waals surface area contributed by atoms with Crippen LogP contribution in [0.4, 0.5) is 20.2 Å². The fourth-order valence-electron chi connectivity index (χ4n) is 3.05. The van der Waals surface area contributed by atoms with Gasteiger partial charge in [0.2, 0.25) is 0 Å². The first-order valence-corrected chi connectivity index (χ1v) is 8.99. The Bertz CT molecular complexity index is 1150. The molecule has 0 spiro atoms. The molecule has 0 unspecified atom stereocenters. The lowest BCUT2D eigenvalue weighted by Crippen LogP contribution is -2.32. The molecule has 3 aromatic carbocycles. The van der Waals surface area contributed by atoms with Gasteiger partial charge in [-0.05, 0) is 42.0 Å². The molecule has 0 radical (unpaired) electrons. The molecule has 0 saturated carbocycles. The van der Waals surface area contributed by atoms with Crippen molar-refractivity contribution in [2.45, 2.75) is 0 Å². The van der Waals surface area contributed by atoms with Gasteiger partial charge in [0.15, 0.2) is 11.6 Å². The quantitative estimate of drug-likeness (QED) is 0.615. The van der Waals surface area contributed by atoms with E-state index in [1.54, 1.807) is 48.5 Å². The molecule has 1 N–H and O–H groups in total. The van der Waals surface area contributed by atoms with Crippen LogP contribution in [0.15, 0.2) is 78.5 Å². The van der Waals surface area contributed by atoms with Crippen molar-refractivity contribution < 1.29 is 18.4 Å². The molecule has 0 saturated heterocycles. The van der Waals surface area contributed by atoms with Gasteiger partial charge in [-0.3, -0.25) is 9.59 Å². The van der Waals surface area contributed by atoms with Crippen molar-refractivity contribution in [1.29, 1.82) is 0 Å². The second-order valence-corrected chi connectivity index (χ2v) is 6.73. The number of hydrogen-bond donors (Lipinski definition) is 1. The number of benzene rings is 3. The Hall–Kier alpha value is -3.51. The zero-order valence-corrected chi connectivity index (χ0v) is 15.6. The molecule has 0 bridgehead atoms. The smallest absolute Gasteiger partial charge is 0.282 e. The fourth-order valence-corrected chi connectivity index (χ4v) is 3.18. The Morgan fingerprint density at radius 3 is 2.14 bits per heavy atom. The van der Waals surface area contributed by atoms with Crippen molar-refractivity contribution in [2.75, 3.05) is 10.2 Å². The third kappa shape index (κ3) is 3.50. The zero-order chi connectivity index (χ0) is 20.5. The average Bonchev–Trinajstić information content (AvgIpc) is 2.95. The largest absolute Gasteiger partial charge is 0.350 e. The zero-order valence-electron chi connectivity index (χ0n) is 14.8. The molecule has 4 nitrogen and oxygen atoms in total. The minimum Gasteiger partial charge on any atom is -0.350 e. The summed E-state index contributed by atoms with van der Waals surface area (Å²) in [5.74, 6) is -3.54. The van der Waals surface area contributed by atoms with Gasteiger partial charge in [0.25, 0.3) is 11.8 Å². The van der Waals surface area contributed by atoms with Crippen LogP contribution >= 0.6 is 11.6 Å². The van der Waals surface area contributed by atoms with Gasteiger partial charge < -0.3 is 5.32 Å². The lowest BCUT2D eigenvalue weighted by atomic mass is 10.0. The minimum absolute atomic E-state index is 0.0354. The number of halogens is 3. The average molecular weight is 411 g/mol. The standard InChI is InChI=1S/C22H13ClF2N2O2/c23-14-8-6-13(7-9-14)19-20(26-15-4-2-1-3-5-15)22(29)27(21(19)28)16-10-11-17(24)18(25)12-16/h1-12,26H. The highest BCUT2D eigenvalue weighted by molar-refractivity contribution is 6.46. The molecule has 0 atom stereocenters. The van der Waals surface area contributed by atoms with E-state index in [9.17, 15) is 18.4 Å². The maximum absolute atomic E-state index is 13.7. The lowest BCUT2D eigenvalue weighted by molar-refractivity contribution is -0.120. The third-order valence-corrected chi connectivity index (χ3v) is 4.67. The number of para-hydroxylation sites is 1. The maximum atomic E-state index is 13.7. The van der Waals surface area contributed by atoms with Crippen LogP contribution in [-0.4, -0.2) is 11.8 Å². The molecule has 144 valence electrons. The predicted octanol–water partition coefficient (Wildman–Crippen LogP) is 5.01. The molecule has 4 rings (SSSR count). The van der Waals surface area contributed by atoms with Crippen LogP contribution in [0.25, 0.3) is 5.57 Å². The summed E-state index contributed by atoms with van der Waals surface area (Å²) in [4.78, 5) is 27.1. The van der Waals surface area contributed by atoms with E-state index in [4.69, 9.17) is 11.6 Å². The summed E-state index contributed by atoms with van der Waals surface area (Å²) in [7, 11) is 0. The Kier molecular flexibility index (Phi) is 4.86. The predicted molar refractivity (Wildman–Crippen MR) is 107 cm³/mol. The van der Waals surface area contributed by atoms with Crippen LogP contribution in [0, 0.1) is 11.6 Å². The van der Waals surface area contributed by atoms with Crippen LogP contribution in [0.1, 0.15) is 5.56 Å². The highest BCUT2D eigenvalue weighted by Gasteiger charge is 2.40. The number of nitrogens with one attached hydrogen (secondary N) is 1. The van der Waals surface area contributed by atoms with E-state index in [1.807, 2.05) is 6.07 Å². The molecule has 0 aromatic heterocycles.